The standard InChI is InChI=1S/C23H21NO6/c25-22(18-11-16-4-1-2-6-19(16)30-23(18)26)24(13-17-5-3-9-27-17)12-15-7-8-20-21(10-15)29-14-28-20/h1-2,4,6-8,10-11,17H,3,5,9,12-14H2/t17-/m1/s1. The minimum absolute atomic E-state index is 0.0208. The molecule has 0 unspecified atom stereocenters. The number of para-hydroxylation sites is 1. The Morgan fingerprint density at radius 3 is 2.80 bits per heavy atom. The third-order valence-corrected chi connectivity index (χ3v) is 5.42. The maximum Gasteiger partial charge on any atom is 0.349 e. The number of benzene rings is 2. The highest BCUT2D eigenvalue weighted by Gasteiger charge is 2.26. The Balaban J connectivity index is 1.47. The minimum Gasteiger partial charge on any atom is -0.454 e. The van der Waals surface area contributed by atoms with Gasteiger partial charge >= 0.3 is 5.63 Å². The first-order chi connectivity index (χ1) is 14.7. The number of carbonyl (C=O) groups is 1. The van der Waals surface area contributed by atoms with Gasteiger partial charge in [0.2, 0.25) is 6.79 Å². The van der Waals surface area contributed by atoms with Crippen LogP contribution in [0.5, 0.6) is 11.5 Å². The molecular formula is C23H21NO6. The summed E-state index contributed by atoms with van der Waals surface area (Å²) in [5, 5.41) is 0.709. The van der Waals surface area contributed by atoms with Crippen molar-refractivity contribution in [1.29, 1.82) is 0 Å². The van der Waals surface area contributed by atoms with Crippen molar-refractivity contribution in [3.63, 3.8) is 0 Å². The molecule has 3 heterocycles. The maximum atomic E-state index is 13.4. The van der Waals surface area contributed by atoms with Crippen molar-refractivity contribution < 1.29 is 23.4 Å². The zero-order valence-corrected chi connectivity index (χ0v) is 16.3. The first-order valence-corrected chi connectivity index (χ1v) is 10.00. The van der Waals surface area contributed by atoms with Crippen LogP contribution in [0.15, 0.2) is 57.7 Å². The highest BCUT2D eigenvalue weighted by Crippen LogP contribution is 2.33. The topological polar surface area (TPSA) is 78.2 Å². The van der Waals surface area contributed by atoms with Crippen molar-refractivity contribution in [3.05, 3.63) is 70.1 Å². The Hall–Kier alpha value is -3.32. The van der Waals surface area contributed by atoms with E-state index >= 15 is 0 Å². The highest BCUT2D eigenvalue weighted by atomic mass is 16.7. The van der Waals surface area contributed by atoms with Gasteiger partial charge in [-0.25, -0.2) is 4.79 Å². The van der Waals surface area contributed by atoms with Gasteiger partial charge in [0.15, 0.2) is 11.5 Å². The molecule has 0 spiro atoms. The summed E-state index contributed by atoms with van der Waals surface area (Å²) in [6.07, 6.45) is 1.81. The van der Waals surface area contributed by atoms with E-state index in [1.54, 1.807) is 23.1 Å². The molecule has 2 aliphatic heterocycles. The molecule has 1 amide bonds. The quantitative estimate of drug-likeness (QED) is 0.604. The van der Waals surface area contributed by atoms with E-state index in [4.69, 9.17) is 18.6 Å². The lowest BCUT2D eigenvalue weighted by Crippen LogP contribution is -2.38. The van der Waals surface area contributed by atoms with Gasteiger partial charge in [0, 0.05) is 25.1 Å². The second kappa shape index (κ2) is 7.84. The van der Waals surface area contributed by atoms with Crippen LogP contribution in [0, 0.1) is 0 Å². The zero-order chi connectivity index (χ0) is 20.5. The summed E-state index contributed by atoms with van der Waals surface area (Å²) in [5.41, 5.74) is 0.727. The number of hydrogen-bond acceptors (Lipinski definition) is 6. The minimum atomic E-state index is -0.637. The summed E-state index contributed by atoms with van der Waals surface area (Å²) < 4.78 is 21.9. The van der Waals surface area contributed by atoms with Gasteiger partial charge in [0.1, 0.15) is 11.1 Å². The van der Waals surface area contributed by atoms with E-state index in [0.29, 0.717) is 42.2 Å². The van der Waals surface area contributed by atoms with E-state index in [-0.39, 0.29) is 24.4 Å². The number of nitrogens with zero attached hydrogens (tertiary/aromatic N) is 1. The molecule has 154 valence electrons. The van der Waals surface area contributed by atoms with Crippen LogP contribution in [0.3, 0.4) is 0 Å². The predicted octanol–water partition coefficient (Wildman–Crippen LogP) is 3.34. The van der Waals surface area contributed by atoms with Crippen molar-refractivity contribution in [2.24, 2.45) is 0 Å². The van der Waals surface area contributed by atoms with Gasteiger partial charge in [-0.3, -0.25) is 4.79 Å². The van der Waals surface area contributed by atoms with Gasteiger partial charge in [-0.15, -0.1) is 0 Å². The molecule has 30 heavy (non-hydrogen) atoms. The van der Waals surface area contributed by atoms with Crippen LogP contribution in [0.2, 0.25) is 0 Å². The van der Waals surface area contributed by atoms with Crippen molar-refractivity contribution in [2.45, 2.75) is 25.5 Å². The average Bonchev–Trinajstić information content (AvgIpc) is 3.44. The van der Waals surface area contributed by atoms with E-state index in [9.17, 15) is 9.59 Å². The second-order valence-electron chi connectivity index (χ2n) is 7.49. The summed E-state index contributed by atoms with van der Waals surface area (Å²) in [5.74, 6) is 0.968. The molecule has 1 saturated heterocycles. The fourth-order valence-electron chi connectivity index (χ4n) is 3.89. The van der Waals surface area contributed by atoms with E-state index in [1.807, 2.05) is 30.3 Å². The van der Waals surface area contributed by atoms with E-state index in [0.717, 1.165) is 18.4 Å². The number of rotatable bonds is 5. The van der Waals surface area contributed by atoms with Crippen LogP contribution in [0.25, 0.3) is 11.0 Å². The van der Waals surface area contributed by atoms with Crippen LogP contribution in [0.1, 0.15) is 28.8 Å². The Bertz CT molecular complexity index is 1150. The Morgan fingerprint density at radius 1 is 1.07 bits per heavy atom. The Labute approximate surface area is 172 Å². The molecule has 0 saturated carbocycles. The summed E-state index contributed by atoms with van der Waals surface area (Å²) in [4.78, 5) is 27.6. The zero-order valence-electron chi connectivity index (χ0n) is 16.3. The van der Waals surface area contributed by atoms with Crippen molar-refractivity contribution in [3.8, 4) is 11.5 Å². The lowest BCUT2D eigenvalue weighted by atomic mass is 10.1. The molecule has 0 N–H and O–H groups in total. The number of hydrogen-bond donors (Lipinski definition) is 0. The van der Waals surface area contributed by atoms with Gasteiger partial charge in [0.25, 0.3) is 5.91 Å². The molecular weight excluding hydrogens is 386 g/mol. The molecule has 7 heteroatoms. The normalized spacial score (nSPS) is 17.4. The van der Waals surface area contributed by atoms with Gasteiger partial charge in [0.05, 0.1) is 6.10 Å². The van der Waals surface area contributed by atoms with Crippen LogP contribution in [-0.4, -0.2) is 36.9 Å². The van der Waals surface area contributed by atoms with Crippen LogP contribution >= 0.6 is 0 Å². The molecule has 7 nitrogen and oxygen atoms in total. The second-order valence-corrected chi connectivity index (χ2v) is 7.49. The number of fused-ring (bicyclic) bond motifs is 2. The highest BCUT2D eigenvalue weighted by molar-refractivity contribution is 5.96. The predicted molar refractivity (Wildman–Crippen MR) is 109 cm³/mol. The van der Waals surface area contributed by atoms with Crippen LogP contribution in [-0.2, 0) is 11.3 Å². The molecule has 0 radical (unpaired) electrons. The Kier molecular flexibility index (Phi) is 4.88. The summed E-state index contributed by atoms with van der Waals surface area (Å²) in [6.45, 7) is 1.60. The van der Waals surface area contributed by atoms with Crippen molar-refractivity contribution in [1.82, 2.24) is 4.90 Å². The molecule has 0 aliphatic carbocycles. The Morgan fingerprint density at radius 2 is 1.93 bits per heavy atom. The monoisotopic (exact) mass is 407 g/mol. The van der Waals surface area contributed by atoms with Gasteiger partial charge in [-0.05, 0) is 42.7 Å². The summed E-state index contributed by atoms with van der Waals surface area (Å²) in [7, 11) is 0. The summed E-state index contributed by atoms with van der Waals surface area (Å²) in [6, 6.07) is 14.3. The lowest BCUT2D eigenvalue weighted by molar-refractivity contribution is 0.0504. The first kappa shape index (κ1) is 18.7. The van der Waals surface area contributed by atoms with Crippen molar-refractivity contribution in [2.75, 3.05) is 19.9 Å². The third kappa shape index (κ3) is 3.64. The first-order valence-electron chi connectivity index (χ1n) is 10.00. The number of carbonyl (C=O) groups excluding carboxylic acids is 1. The lowest BCUT2D eigenvalue weighted by Gasteiger charge is -2.25. The van der Waals surface area contributed by atoms with Gasteiger partial charge in [-0.2, -0.15) is 0 Å². The van der Waals surface area contributed by atoms with E-state index in [2.05, 4.69) is 0 Å². The average molecular weight is 407 g/mol. The maximum absolute atomic E-state index is 13.4. The largest absolute Gasteiger partial charge is 0.454 e. The van der Waals surface area contributed by atoms with Crippen LogP contribution < -0.4 is 15.1 Å². The molecule has 0 bridgehead atoms. The molecule has 2 aromatic carbocycles. The van der Waals surface area contributed by atoms with E-state index < -0.39 is 5.63 Å². The number of ether oxygens (including phenoxy) is 3. The van der Waals surface area contributed by atoms with Gasteiger partial charge in [-0.1, -0.05) is 24.3 Å². The summed E-state index contributed by atoms with van der Waals surface area (Å²) >= 11 is 0. The molecule has 1 aromatic heterocycles. The smallest absolute Gasteiger partial charge is 0.349 e. The molecule has 3 aromatic rings. The molecule has 2 aliphatic rings. The SMILES string of the molecule is O=C(c1cc2ccccc2oc1=O)N(Cc1ccc2c(c1)OCO2)C[C@H]1CCCO1. The van der Waals surface area contributed by atoms with Crippen molar-refractivity contribution >= 4 is 16.9 Å². The molecule has 5 rings (SSSR count). The number of amides is 1. The molecule has 1 fully saturated rings. The third-order valence-electron chi connectivity index (χ3n) is 5.42. The fourth-order valence-corrected chi connectivity index (χ4v) is 3.89. The van der Waals surface area contributed by atoms with Crippen LogP contribution in [0.4, 0.5) is 0 Å². The molecule has 1 atom stereocenters. The van der Waals surface area contributed by atoms with Gasteiger partial charge < -0.3 is 23.5 Å². The van der Waals surface area contributed by atoms with E-state index in [1.165, 1.54) is 0 Å². The fraction of sp³-hybridized carbons (Fsp3) is 0.304.